The normalized spacial score (nSPS) is 21.4. The van der Waals surface area contributed by atoms with Crippen molar-refractivity contribution in [2.24, 2.45) is 16.8 Å². The smallest absolute Gasteiger partial charge is 0.140 e. The minimum Gasteiger partial charge on any atom is -0.409 e. The van der Waals surface area contributed by atoms with E-state index in [9.17, 15) is 0 Å². The summed E-state index contributed by atoms with van der Waals surface area (Å²) in [5.74, 6) is 1.12. The summed E-state index contributed by atoms with van der Waals surface area (Å²) in [5, 5.41) is 14.7. The molecule has 0 aromatic carbocycles. The Bertz CT molecular complexity index is 188. The van der Waals surface area contributed by atoms with E-state index in [-0.39, 0.29) is 0 Å². The van der Waals surface area contributed by atoms with Crippen molar-refractivity contribution in [1.82, 2.24) is 5.32 Å². The largest absolute Gasteiger partial charge is 0.409 e. The molecule has 1 fully saturated rings. The van der Waals surface area contributed by atoms with Crippen molar-refractivity contribution in [1.29, 1.82) is 0 Å². The highest BCUT2D eigenvalue weighted by Crippen LogP contribution is 2.27. The number of nitrogens with one attached hydrogen (secondary N) is 1. The SMILES string of the molecule is CC(NCCC(N)=NO)C1CCCC1. The lowest BCUT2D eigenvalue weighted by Gasteiger charge is -2.20. The number of amidine groups is 1. The molecule has 1 atom stereocenters. The van der Waals surface area contributed by atoms with E-state index in [1.54, 1.807) is 0 Å². The van der Waals surface area contributed by atoms with Crippen LogP contribution in [0.15, 0.2) is 5.16 Å². The third-order valence-corrected chi connectivity index (χ3v) is 3.08. The molecule has 1 aliphatic rings. The number of hydrogen-bond acceptors (Lipinski definition) is 3. The molecule has 4 nitrogen and oxygen atoms in total. The van der Waals surface area contributed by atoms with E-state index in [0.717, 1.165) is 12.5 Å². The zero-order valence-corrected chi connectivity index (χ0v) is 8.87. The maximum atomic E-state index is 8.35. The first kappa shape index (κ1) is 11.3. The molecule has 0 amide bonds. The topological polar surface area (TPSA) is 70.6 Å². The molecule has 1 unspecified atom stereocenters. The molecule has 0 aromatic heterocycles. The van der Waals surface area contributed by atoms with Crippen LogP contribution in [0.25, 0.3) is 0 Å². The number of oxime groups is 1. The molecule has 0 saturated heterocycles. The van der Waals surface area contributed by atoms with Gasteiger partial charge in [0.1, 0.15) is 5.84 Å². The maximum absolute atomic E-state index is 8.35. The van der Waals surface area contributed by atoms with Gasteiger partial charge in [0.2, 0.25) is 0 Å². The summed E-state index contributed by atoms with van der Waals surface area (Å²) < 4.78 is 0. The van der Waals surface area contributed by atoms with Gasteiger partial charge in [0.05, 0.1) is 0 Å². The minimum absolute atomic E-state index is 0.302. The first-order valence-electron chi connectivity index (χ1n) is 5.44. The molecule has 0 heterocycles. The molecular weight excluding hydrogens is 178 g/mol. The van der Waals surface area contributed by atoms with Crippen LogP contribution in [0.5, 0.6) is 0 Å². The second kappa shape index (κ2) is 5.86. The fourth-order valence-corrected chi connectivity index (χ4v) is 2.10. The lowest BCUT2D eigenvalue weighted by atomic mass is 10.00. The maximum Gasteiger partial charge on any atom is 0.140 e. The van der Waals surface area contributed by atoms with Crippen LogP contribution in [0, 0.1) is 5.92 Å². The molecule has 0 radical (unpaired) electrons. The highest BCUT2D eigenvalue weighted by molar-refractivity contribution is 5.79. The van der Waals surface area contributed by atoms with Crippen molar-refractivity contribution in [3.05, 3.63) is 0 Å². The predicted octanol–water partition coefficient (Wildman–Crippen LogP) is 1.29. The van der Waals surface area contributed by atoms with E-state index in [1.165, 1.54) is 25.7 Å². The quantitative estimate of drug-likeness (QED) is 0.270. The summed E-state index contributed by atoms with van der Waals surface area (Å²) in [6.07, 6.45) is 6.05. The summed E-state index contributed by atoms with van der Waals surface area (Å²) in [6, 6.07) is 0.559. The average molecular weight is 199 g/mol. The summed E-state index contributed by atoms with van der Waals surface area (Å²) in [4.78, 5) is 0. The van der Waals surface area contributed by atoms with E-state index in [0.29, 0.717) is 18.3 Å². The van der Waals surface area contributed by atoms with Crippen LogP contribution >= 0.6 is 0 Å². The lowest BCUT2D eigenvalue weighted by molar-refractivity contribution is 0.316. The van der Waals surface area contributed by atoms with Gasteiger partial charge in [0.15, 0.2) is 0 Å². The Kier molecular flexibility index (Phi) is 4.73. The predicted molar refractivity (Wildman–Crippen MR) is 57.4 cm³/mol. The van der Waals surface area contributed by atoms with E-state index in [1.807, 2.05) is 0 Å². The summed E-state index contributed by atoms with van der Waals surface area (Å²) >= 11 is 0. The van der Waals surface area contributed by atoms with Crippen LogP contribution in [0.2, 0.25) is 0 Å². The minimum atomic E-state index is 0.302. The van der Waals surface area contributed by atoms with Crippen molar-refractivity contribution in [2.45, 2.75) is 45.1 Å². The molecule has 4 N–H and O–H groups in total. The Balaban J connectivity index is 2.11. The van der Waals surface area contributed by atoms with Gasteiger partial charge in [-0.2, -0.15) is 0 Å². The molecule has 1 saturated carbocycles. The monoisotopic (exact) mass is 199 g/mol. The van der Waals surface area contributed by atoms with Gasteiger partial charge in [-0.1, -0.05) is 18.0 Å². The molecule has 0 bridgehead atoms. The Morgan fingerprint density at radius 3 is 2.79 bits per heavy atom. The van der Waals surface area contributed by atoms with Crippen LogP contribution in [-0.2, 0) is 0 Å². The van der Waals surface area contributed by atoms with E-state index in [4.69, 9.17) is 10.9 Å². The molecule has 82 valence electrons. The van der Waals surface area contributed by atoms with Crippen molar-refractivity contribution < 1.29 is 5.21 Å². The van der Waals surface area contributed by atoms with Gasteiger partial charge in [0, 0.05) is 19.0 Å². The van der Waals surface area contributed by atoms with Gasteiger partial charge in [-0.15, -0.1) is 0 Å². The Morgan fingerprint density at radius 2 is 2.21 bits per heavy atom. The fraction of sp³-hybridized carbons (Fsp3) is 0.900. The van der Waals surface area contributed by atoms with Gasteiger partial charge >= 0.3 is 0 Å². The fourth-order valence-electron chi connectivity index (χ4n) is 2.10. The molecule has 0 aliphatic heterocycles. The summed E-state index contributed by atoms with van der Waals surface area (Å²) in [5.41, 5.74) is 5.37. The van der Waals surface area contributed by atoms with Crippen LogP contribution in [0.4, 0.5) is 0 Å². The third-order valence-electron chi connectivity index (χ3n) is 3.08. The number of nitrogens with zero attached hydrogens (tertiary/aromatic N) is 1. The lowest BCUT2D eigenvalue weighted by Crippen LogP contribution is -2.34. The average Bonchev–Trinajstić information content (AvgIpc) is 2.70. The van der Waals surface area contributed by atoms with Gasteiger partial charge in [-0.05, 0) is 25.7 Å². The van der Waals surface area contributed by atoms with Crippen molar-refractivity contribution in [3.63, 3.8) is 0 Å². The van der Waals surface area contributed by atoms with Crippen molar-refractivity contribution in [3.8, 4) is 0 Å². The second-order valence-corrected chi connectivity index (χ2v) is 4.13. The number of nitrogens with two attached hydrogens (primary N) is 1. The highest BCUT2D eigenvalue weighted by atomic mass is 16.4. The van der Waals surface area contributed by atoms with Crippen LogP contribution in [0.1, 0.15) is 39.0 Å². The molecule has 0 aromatic rings. The third kappa shape index (κ3) is 3.54. The number of rotatable bonds is 5. The van der Waals surface area contributed by atoms with Gasteiger partial charge < -0.3 is 16.3 Å². The van der Waals surface area contributed by atoms with Gasteiger partial charge in [-0.25, -0.2) is 0 Å². The molecule has 1 rings (SSSR count). The van der Waals surface area contributed by atoms with Crippen molar-refractivity contribution >= 4 is 5.84 Å². The van der Waals surface area contributed by atoms with Gasteiger partial charge in [-0.3, -0.25) is 0 Å². The zero-order valence-electron chi connectivity index (χ0n) is 8.87. The molecule has 4 heteroatoms. The zero-order chi connectivity index (χ0) is 10.4. The van der Waals surface area contributed by atoms with Crippen molar-refractivity contribution in [2.75, 3.05) is 6.54 Å². The molecule has 14 heavy (non-hydrogen) atoms. The molecular formula is C10H21N3O. The Morgan fingerprint density at radius 1 is 1.57 bits per heavy atom. The highest BCUT2D eigenvalue weighted by Gasteiger charge is 2.20. The first-order valence-corrected chi connectivity index (χ1v) is 5.44. The molecule has 0 spiro atoms. The summed E-state index contributed by atoms with van der Waals surface area (Å²) in [7, 11) is 0. The number of hydrogen-bond donors (Lipinski definition) is 3. The van der Waals surface area contributed by atoms with E-state index < -0.39 is 0 Å². The summed E-state index contributed by atoms with van der Waals surface area (Å²) in [6.45, 7) is 3.02. The van der Waals surface area contributed by atoms with Crippen LogP contribution < -0.4 is 11.1 Å². The Hall–Kier alpha value is -0.770. The first-order chi connectivity index (χ1) is 6.74. The standard InChI is InChI=1S/C10H21N3O/c1-8(9-4-2-3-5-9)12-7-6-10(11)13-14/h8-9,12,14H,2-7H2,1H3,(H2,11,13). The Labute approximate surface area is 85.6 Å². The van der Waals surface area contributed by atoms with E-state index >= 15 is 0 Å². The second-order valence-electron chi connectivity index (χ2n) is 4.13. The van der Waals surface area contributed by atoms with Crippen LogP contribution in [0.3, 0.4) is 0 Å². The van der Waals surface area contributed by atoms with Gasteiger partial charge in [0.25, 0.3) is 0 Å². The molecule has 1 aliphatic carbocycles. The van der Waals surface area contributed by atoms with E-state index in [2.05, 4.69) is 17.4 Å². The van der Waals surface area contributed by atoms with Crippen LogP contribution in [-0.4, -0.2) is 23.6 Å².